The zero-order chi connectivity index (χ0) is 27.4. The molecule has 0 spiro atoms. The third-order valence-electron chi connectivity index (χ3n) is 6.43. The summed E-state index contributed by atoms with van der Waals surface area (Å²) in [5, 5.41) is 2.94. The summed E-state index contributed by atoms with van der Waals surface area (Å²) >= 11 is 0. The maximum absolute atomic E-state index is 13.2. The van der Waals surface area contributed by atoms with Crippen LogP contribution in [0.4, 0.5) is 14.9 Å². The zero-order valence-electron chi connectivity index (χ0n) is 22.6. The Bertz CT molecular complexity index is 1290. The fraction of sp³-hybridized carbons (Fsp3) is 0.367. The van der Waals surface area contributed by atoms with Gasteiger partial charge in [-0.15, -0.1) is 0 Å². The molecule has 7 nitrogen and oxygen atoms in total. The molecule has 1 aromatic heterocycles. The number of hydrogen-bond donors (Lipinski definition) is 1. The summed E-state index contributed by atoms with van der Waals surface area (Å²) in [5.41, 5.74) is 3.87. The molecule has 1 atom stereocenters. The molecule has 8 heteroatoms. The molecule has 3 aromatic rings. The van der Waals surface area contributed by atoms with Gasteiger partial charge in [-0.05, 0) is 88.7 Å². The summed E-state index contributed by atoms with van der Waals surface area (Å²) in [4.78, 5) is 34.0. The number of aryl methyl sites for hydroxylation is 1. The number of carbonyl (C=O) groups is 2. The van der Waals surface area contributed by atoms with Gasteiger partial charge in [-0.1, -0.05) is 12.1 Å². The number of nitrogens with zero attached hydrogens (tertiary/aromatic N) is 3. The second-order valence-electron chi connectivity index (χ2n) is 10.7. The van der Waals surface area contributed by atoms with E-state index >= 15 is 0 Å². The molecule has 2 amide bonds. The first-order valence-electron chi connectivity index (χ1n) is 12.8. The van der Waals surface area contributed by atoms with Crippen molar-refractivity contribution in [3.63, 3.8) is 0 Å². The van der Waals surface area contributed by atoms with Gasteiger partial charge < -0.3 is 15.0 Å². The highest BCUT2D eigenvalue weighted by Gasteiger charge is 2.30. The molecule has 4 rings (SSSR count). The first-order valence-corrected chi connectivity index (χ1v) is 12.8. The van der Waals surface area contributed by atoms with Gasteiger partial charge in [-0.3, -0.25) is 14.7 Å². The highest BCUT2D eigenvalue weighted by atomic mass is 19.1. The number of aromatic nitrogens is 1. The topological polar surface area (TPSA) is 74.8 Å². The Morgan fingerprint density at radius 3 is 2.32 bits per heavy atom. The molecule has 1 aliphatic rings. The quantitative estimate of drug-likeness (QED) is 0.456. The monoisotopic (exact) mass is 518 g/mol. The molecule has 38 heavy (non-hydrogen) atoms. The van der Waals surface area contributed by atoms with E-state index < -0.39 is 5.60 Å². The van der Waals surface area contributed by atoms with Crippen molar-refractivity contribution >= 4 is 17.7 Å². The van der Waals surface area contributed by atoms with Crippen LogP contribution in [0.1, 0.15) is 49.3 Å². The van der Waals surface area contributed by atoms with E-state index in [1.165, 1.54) is 12.1 Å². The Morgan fingerprint density at radius 2 is 1.71 bits per heavy atom. The number of carbonyl (C=O) groups excluding carboxylic acids is 2. The van der Waals surface area contributed by atoms with Crippen molar-refractivity contribution in [3.8, 4) is 11.3 Å². The largest absolute Gasteiger partial charge is 0.444 e. The number of rotatable bonds is 5. The Labute approximate surface area is 223 Å². The number of amides is 2. The van der Waals surface area contributed by atoms with Crippen molar-refractivity contribution in [2.45, 2.75) is 52.8 Å². The molecule has 1 N–H and O–H groups in total. The number of pyridine rings is 1. The molecule has 1 saturated heterocycles. The van der Waals surface area contributed by atoms with Crippen LogP contribution in [-0.2, 0) is 11.3 Å². The summed E-state index contributed by atoms with van der Waals surface area (Å²) in [5.74, 6) is -0.539. The third-order valence-corrected chi connectivity index (χ3v) is 6.43. The van der Waals surface area contributed by atoms with Crippen LogP contribution in [0.15, 0.2) is 60.7 Å². The molecular weight excluding hydrogens is 483 g/mol. The van der Waals surface area contributed by atoms with E-state index in [9.17, 15) is 14.0 Å². The lowest BCUT2D eigenvalue weighted by molar-refractivity contribution is 0.000551. The summed E-state index contributed by atoms with van der Waals surface area (Å²) in [6.45, 7) is 12.4. The zero-order valence-corrected chi connectivity index (χ0v) is 22.6. The minimum absolute atomic E-state index is 0.0588. The first kappa shape index (κ1) is 27.3. The van der Waals surface area contributed by atoms with Crippen LogP contribution in [0.25, 0.3) is 11.3 Å². The minimum atomic E-state index is -0.506. The fourth-order valence-electron chi connectivity index (χ4n) is 4.50. The minimum Gasteiger partial charge on any atom is -0.444 e. The van der Waals surface area contributed by atoms with E-state index in [4.69, 9.17) is 4.74 Å². The smallest absolute Gasteiger partial charge is 0.410 e. The second-order valence-corrected chi connectivity index (χ2v) is 10.7. The molecule has 0 unspecified atom stereocenters. The van der Waals surface area contributed by atoms with Crippen LogP contribution in [-0.4, -0.2) is 58.1 Å². The van der Waals surface area contributed by atoms with E-state index in [1.54, 1.807) is 36.1 Å². The Morgan fingerprint density at radius 1 is 1.03 bits per heavy atom. The summed E-state index contributed by atoms with van der Waals surface area (Å²) in [6, 6.07) is 17.5. The Kier molecular flexibility index (Phi) is 8.11. The van der Waals surface area contributed by atoms with E-state index in [2.05, 4.69) is 15.2 Å². The van der Waals surface area contributed by atoms with Gasteiger partial charge in [0.1, 0.15) is 11.4 Å². The normalized spacial score (nSPS) is 16.3. The van der Waals surface area contributed by atoms with E-state index in [0.717, 1.165) is 30.8 Å². The Balaban J connectivity index is 1.32. The van der Waals surface area contributed by atoms with Gasteiger partial charge in [0.2, 0.25) is 0 Å². The van der Waals surface area contributed by atoms with Crippen LogP contribution >= 0.6 is 0 Å². The number of anilines is 1. The predicted molar refractivity (Wildman–Crippen MR) is 146 cm³/mol. The lowest BCUT2D eigenvalue weighted by Crippen LogP contribution is -2.54. The molecule has 2 heterocycles. The molecule has 1 aliphatic heterocycles. The van der Waals surface area contributed by atoms with Crippen molar-refractivity contribution in [2.75, 3.05) is 25.0 Å². The summed E-state index contributed by atoms with van der Waals surface area (Å²) < 4.78 is 18.7. The average Bonchev–Trinajstić information content (AvgIpc) is 2.84. The van der Waals surface area contributed by atoms with E-state index in [-0.39, 0.29) is 23.9 Å². The van der Waals surface area contributed by atoms with Crippen LogP contribution in [0.3, 0.4) is 0 Å². The van der Waals surface area contributed by atoms with E-state index in [1.807, 2.05) is 52.0 Å². The highest BCUT2D eigenvalue weighted by Crippen LogP contribution is 2.21. The second kappa shape index (κ2) is 11.3. The molecule has 200 valence electrons. The van der Waals surface area contributed by atoms with Gasteiger partial charge in [0.15, 0.2) is 0 Å². The van der Waals surface area contributed by atoms with Crippen molar-refractivity contribution in [1.29, 1.82) is 0 Å². The number of nitrogens with one attached hydrogen (secondary N) is 1. The summed E-state index contributed by atoms with van der Waals surface area (Å²) in [6.07, 6.45) is -0.264. The van der Waals surface area contributed by atoms with Gasteiger partial charge in [0, 0.05) is 43.5 Å². The SMILES string of the molecule is Cc1nc(-c2ccc(F)cc2)ccc1C(=O)Nc1ccc(CN2CCN(C(=O)OC(C)(C)C)[C@@H](C)C2)cc1. The molecule has 2 aromatic carbocycles. The van der Waals surface area contributed by atoms with Gasteiger partial charge in [-0.25, -0.2) is 9.18 Å². The van der Waals surface area contributed by atoms with Crippen molar-refractivity contribution in [3.05, 3.63) is 83.3 Å². The van der Waals surface area contributed by atoms with Gasteiger partial charge in [0.05, 0.1) is 17.0 Å². The molecule has 0 bridgehead atoms. The van der Waals surface area contributed by atoms with E-state index in [0.29, 0.717) is 29.2 Å². The lowest BCUT2D eigenvalue weighted by atomic mass is 10.1. The van der Waals surface area contributed by atoms with Crippen LogP contribution in [0.2, 0.25) is 0 Å². The predicted octanol–water partition coefficient (Wildman–Crippen LogP) is 5.89. The molecule has 0 radical (unpaired) electrons. The molecule has 0 aliphatic carbocycles. The number of hydrogen-bond acceptors (Lipinski definition) is 5. The molecular formula is C30H35FN4O3. The van der Waals surface area contributed by atoms with Crippen LogP contribution in [0, 0.1) is 12.7 Å². The van der Waals surface area contributed by atoms with Gasteiger partial charge >= 0.3 is 6.09 Å². The number of halogens is 1. The first-order chi connectivity index (χ1) is 18.0. The van der Waals surface area contributed by atoms with Crippen LogP contribution < -0.4 is 5.32 Å². The fourth-order valence-corrected chi connectivity index (χ4v) is 4.50. The standard InChI is InChI=1S/C30H35FN4O3/c1-20-18-34(16-17-35(20)29(37)38-30(3,4)5)19-22-6-12-25(13-7-22)33-28(36)26-14-15-27(32-21(26)2)23-8-10-24(31)11-9-23/h6-15,20H,16-19H2,1-5H3,(H,33,36)/t20-/m0/s1. The number of ether oxygens (including phenoxy) is 1. The maximum atomic E-state index is 13.2. The molecule has 0 saturated carbocycles. The van der Waals surface area contributed by atoms with Crippen molar-refractivity contribution in [2.24, 2.45) is 0 Å². The van der Waals surface area contributed by atoms with Crippen LogP contribution in [0.5, 0.6) is 0 Å². The van der Waals surface area contributed by atoms with Gasteiger partial charge in [-0.2, -0.15) is 0 Å². The maximum Gasteiger partial charge on any atom is 0.410 e. The highest BCUT2D eigenvalue weighted by molar-refractivity contribution is 6.05. The molecule has 1 fully saturated rings. The van der Waals surface area contributed by atoms with Gasteiger partial charge in [0.25, 0.3) is 5.91 Å². The average molecular weight is 519 g/mol. The lowest BCUT2D eigenvalue weighted by Gasteiger charge is -2.40. The number of benzene rings is 2. The summed E-state index contributed by atoms with van der Waals surface area (Å²) in [7, 11) is 0. The Hall–Kier alpha value is -3.78. The van der Waals surface area contributed by atoms with Crippen molar-refractivity contribution < 1.29 is 18.7 Å². The third kappa shape index (κ3) is 6.95. The number of piperazine rings is 1. The van der Waals surface area contributed by atoms with Crippen molar-refractivity contribution in [1.82, 2.24) is 14.8 Å².